The number of nitrogen functional groups attached to an aromatic ring is 1. The van der Waals surface area contributed by atoms with Crippen molar-refractivity contribution in [2.45, 2.75) is 13.8 Å². The maximum Gasteiger partial charge on any atom is 0.250 e. The largest absolute Gasteiger partial charge is 0.382 e. The zero-order valence-electron chi connectivity index (χ0n) is 19.5. The number of anilines is 2. The summed E-state index contributed by atoms with van der Waals surface area (Å²) in [5, 5.41) is 0. The Morgan fingerprint density at radius 3 is 2.54 bits per heavy atom. The zero-order chi connectivity index (χ0) is 24.5. The molecular weight excluding hydrogens is 442 g/mol. The highest BCUT2D eigenvalue weighted by molar-refractivity contribution is 6.08. The summed E-state index contributed by atoms with van der Waals surface area (Å²) in [6, 6.07) is 12.5. The Morgan fingerprint density at radius 2 is 1.83 bits per heavy atom. The van der Waals surface area contributed by atoms with Crippen molar-refractivity contribution >= 4 is 29.0 Å². The van der Waals surface area contributed by atoms with Crippen molar-refractivity contribution < 1.29 is 9.59 Å². The molecule has 0 saturated carbocycles. The van der Waals surface area contributed by atoms with Gasteiger partial charge in [0.15, 0.2) is 0 Å². The minimum absolute atomic E-state index is 0.0189. The van der Waals surface area contributed by atoms with Gasteiger partial charge in [0.1, 0.15) is 22.7 Å². The molecule has 0 radical (unpaired) electrons. The SMILES string of the molecule is C/C=C(\C)C(=O)N1CCN(c2nc(-c3ccc(C(=O)c4ccccn4)cc3)c3c(N)nccn23)C1. The van der Waals surface area contributed by atoms with Crippen molar-refractivity contribution in [1.82, 2.24) is 24.3 Å². The van der Waals surface area contributed by atoms with Crippen molar-refractivity contribution in [2.24, 2.45) is 0 Å². The van der Waals surface area contributed by atoms with Gasteiger partial charge in [-0.15, -0.1) is 0 Å². The molecule has 0 bridgehead atoms. The highest BCUT2D eigenvalue weighted by Gasteiger charge is 2.29. The van der Waals surface area contributed by atoms with E-state index in [-0.39, 0.29) is 11.7 Å². The predicted molar refractivity (Wildman–Crippen MR) is 134 cm³/mol. The van der Waals surface area contributed by atoms with E-state index in [2.05, 4.69) is 14.9 Å². The van der Waals surface area contributed by atoms with Gasteiger partial charge in [0.05, 0.1) is 6.67 Å². The first-order valence-electron chi connectivity index (χ1n) is 11.3. The molecule has 4 heterocycles. The molecule has 1 fully saturated rings. The summed E-state index contributed by atoms with van der Waals surface area (Å²) in [7, 11) is 0. The van der Waals surface area contributed by atoms with E-state index in [4.69, 9.17) is 10.7 Å². The van der Waals surface area contributed by atoms with Gasteiger partial charge in [0.2, 0.25) is 11.7 Å². The van der Waals surface area contributed by atoms with E-state index in [0.717, 1.165) is 5.56 Å². The first kappa shape index (κ1) is 22.3. The quantitative estimate of drug-likeness (QED) is 0.355. The number of nitrogens with zero attached hydrogens (tertiary/aromatic N) is 6. The fourth-order valence-corrected chi connectivity index (χ4v) is 4.19. The Balaban J connectivity index is 1.49. The van der Waals surface area contributed by atoms with Crippen LogP contribution in [0.25, 0.3) is 16.8 Å². The molecule has 2 N–H and O–H groups in total. The number of aromatic nitrogens is 4. The van der Waals surface area contributed by atoms with E-state index in [0.29, 0.717) is 59.6 Å². The molecule has 1 amide bonds. The number of benzene rings is 1. The van der Waals surface area contributed by atoms with Gasteiger partial charge in [-0.1, -0.05) is 36.4 Å². The number of hydrogen-bond acceptors (Lipinski definition) is 7. The molecular formula is C26H25N7O2. The number of allylic oxidation sites excluding steroid dienone is 1. The summed E-state index contributed by atoms with van der Waals surface area (Å²) in [6.07, 6.45) is 6.87. The summed E-state index contributed by atoms with van der Waals surface area (Å²) < 4.78 is 1.90. The van der Waals surface area contributed by atoms with Crippen LogP contribution in [0.1, 0.15) is 29.9 Å². The Bertz CT molecular complexity index is 1440. The van der Waals surface area contributed by atoms with Crippen LogP contribution in [-0.2, 0) is 4.79 Å². The highest BCUT2D eigenvalue weighted by atomic mass is 16.2. The van der Waals surface area contributed by atoms with E-state index < -0.39 is 0 Å². The zero-order valence-corrected chi connectivity index (χ0v) is 19.5. The molecule has 1 aliphatic rings. The lowest BCUT2D eigenvalue weighted by molar-refractivity contribution is -0.126. The molecule has 0 aliphatic carbocycles. The molecule has 1 aromatic carbocycles. The van der Waals surface area contributed by atoms with Crippen LogP contribution in [-0.4, -0.2) is 55.7 Å². The molecule has 5 rings (SSSR count). The second-order valence-electron chi connectivity index (χ2n) is 8.36. The van der Waals surface area contributed by atoms with Crippen LogP contribution in [0.15, 0.2) is 72.7 Å². The molecule has 35 heavy (non-hydrogen) atoms. The summed E-state index contributed by atoms with van der Waals surface area (Å²) in [5.41, 5.74) is 10.1. The summed E-state index contributed by atoms with van der Waals surface area (Å²) in [5.74, 6) is 0.912. The number of pyridine rings is 1. The number of nitrogens with two attached hydrogens (primary N) is 1. The van der Waals surface area contributed by atoms with E-state index in [9.17, 15) is 9.59 Å². The highest BCUT2D eigenvalue weighted by Crippen LogP contribution is 2.32. The van der Waals surface area contributed by atoms with Gasteiger partial charge in [-0.25, -0.2) is 9.97 Å². The fourth-order valence-electron chi connectivity index (χ4n) is 4.19. The maximum atomic E-state index is 12.7. The topological polar surface area (TPSA) is 110 Å². The van der Waals surface area contributed by atoms with Crippen molar-refractivity contribution in [3.05, 3.63) is 84.0 Å². The van der Waals surface area contributed by atoms with Crippen LogP contribution < -0.4 is 10.6 Å². The Labute approximate surface area is 202 Å². The Morgan fingerprint density at radius 1 is 1.03 bits per heavy atom. The molecule has 3 aromatic heterocycles. The van der Waals surface area contributed by atoms with E-state index >= 15 is 0 Å². The van der Waals surface area contributed by atoms with Gasteiger partial charge < -0.3 is 15.5 Å². The third-order valence-electron chi connectivity index (χ3n) is 6.20. The van der Waals surface area contributed by atoms with Crippen LogP contribution >= 0.6 is 0 Å². The van der Waals surface area contributed by atoms with Crippen molar-refractivity contribution in [3.63, 3.8) is 0 Å². The van der Waals surface area contributed by atoms with Crippen LogP contribution in [0.3, 0.4) is 0 Å². The predicted octanol–water partition coefficient (Wildman–Crippen LogP) is 3.18. The van der Waals surface area contributed by atoms with Gasteiger partial charge >= 0.3 is 0 Å². The van der Waals surface area contributed by atoms with Crippen molar-refractivity contribution in [3.8, 4) is 11.3 Å². The second-order valence-corrected chi connectivity index (χ2v) is 8.36. The number of ketones is 1. The normalized spacial score (nSPS) is 14.1. The number of carbonyl (C=O) groups is 2. The lowest BCUT2D eigenvalue weighted by Crippen LogP contribution is -2.32. The van der Waals surface area contributed by atoms with E-state index in [1.807, 2.05) is 42.7 Å². The first-order chi connectivity index (χ1) is 17.0. The first-order valence-corrected chi connectivity index (χ1v) is 11.3. The number of rotatable bonds is 5. The molecule has 0 unspecified atom stereocenters. The van der Waals surface area contributed by atoms with Crippen molar-refractivity contribution in [2.75, 3.05) is 30.4 Å². The van der Waals surface area contributed by atoms with E-state index in [1.54, 1.807) is 47.6 Å². The van der Waals surface area contributed by atoms with Gasteiger partial charge in [0, 0.05) is 48.4 Å². The standard InChI is InChI=1S/C26H25N7O2/c1-3-17(2)25(35)31-14-15-32(16-31)26-30-21(22-24(27)29-12-13-33(22)26)18-7-9-19(10-8-18)23(34)20-6-4-5-11-28-20/h3-13H,14-16H2,1-2H3,(H2,27,29)/b17-3+. The third-order valence-corrected chi connectivity index (χ3v) is 6.20. The Kier molecular flexibility index (Phi) is 5.74. The van der Waals surface area contributed by atoms with Gasteiger partial charge in [0.25, 0.3) is 5.91 Å². The minimum atomic E-state index is -0.146. The minimum Gasteiger partial charge on any atom is -0.382 e. The number of carbonyl (C=O) groups excluding carboxylic acids is 2. The summed E-state index contributed by atoms with van der Waals surface area (Å²) in [6.45, 7) is 5.38. The number of fused-ring (bicyclic) bond motifs is 1. The number of hydrogen-bond donors (Lipinski definition) is 1. The smallest absolute Gasteiger partial charge is 0.250 e. The average molecular weight is 468 g/mol. The lowest BCUT2D eigenvalue weighted by atomic mass is 10.0. The average Bonchev–Trinajstić information content (AvgIpc) is 3.54. The van der Waals surface area contributed by atoms with Crippen LogP contribution in [0.2, 0.25) is 0 Å². The van der Waals surface area contributed by atoms with Crippen LogP contribution in [0, 0.1) is 0 Å². The maximum absolute atomic E-state index is 12.7. The number of imidazole rings is 1. The molecule has 1 aliphatic heterocycles. The van der Waals surface area contributed by atoms with Crippen molar-refractivity contribution in [1.29, 1.82) is 0 Å². The van der Waals surface area contributed by atoms with Gasteiger partial charge in [-0.3, -0.25) is 19.0 Å². The summed E-state index contributed by atoms with van der Waals surface area (Å²) >= 11 is 0. The molecule has 9 nitrogen and oxygen atoms in total. The van der Waals surface area contributed by atoms with Crippen LogP contribution in [0.5, 0.6) is 0 Å². The van der Waals surface area contributed by atoms with Gasteiger partial charge in [-0.2, -0.15) is 0 Å². The van der Waals surface area contributed by atoms with Gasteiger partial charge in [-0.05, 0) is 26.0 Å². The fraction of sp³-hybridized carbons (Fsp3) is 0.192. The number of amides is 1. The van der Waals surface area contributed by atoms with E-state index in [1.165, 1.54) is 0 Å². The molecule has 0 spiro atoms. The molecule has 176 valence electrons. The molecule has 0 atom stereocenters. The third kappa shape index (κ3) is 4.01. The molecule has 9 heteroatoms. The van der Waals surface area contributed by atoms with Crippen LogP contribution in [0.4, 0.5) is 11.8 Å². The monoisotopic (exact) mass is 467 g/mol. The molecule has 1 saturated heterocycles. The Hall–Kier alpha value is -4.53. The summed E-state index contributed by atoms with van der Waals surface area (Å²) in [4.78, 5) is 42.5. The second kappa shape index (κ2) is 9.02. The molecule has 4 aromatic rings. The lowest BCUT2D eigenvalue weighted by Gasteiger charge is -2.18.